The van der Waals surface area contributed by atoms with Gasteiger partial charge in [0.25, 0.3) is 5.91 Å². The number of aromatic nitrogens is 5. The van der Waals surface area contributed by atoms with Gasteiger partial charge < -0.3 is 25.0 Å². The van der Waals surface area contributed by atoms with E-state index in [2.05, 4.69) is 15.4 Å². The lowest BCUT2D eigenvalue weighted by Gasteiger charge is -2.36. The van der Waals surface area contributed by atoms with Crippen molar-refractivity contribution < 1.29 is 19.4 Å². The Morgan fingerprint density at radius 1 is 1.18 bits per heavy atom. The third-order valence-corrected chi connectivity index (χ3v) is 7.93. The van der Waals surface area contributed by atoms with Gasteiger partial charge in [-0.3, -0.25) is 9.48 Å². The molecule has 3 amide bonds. The zero-order chi connectivity index (χ0) is 27.1. The summed E-state index contributed by atoms with van der Waals surface area (Å²) in [6.07, 6.45) is 8.95. The van der Waals surface area contributed by atoms with Gasteiger partial charge in [0.2, 0.25) is 0 Å². The molecule has 1 unspecified atom stereocenters. The molecule has 0 spiro atoms. The van der Waals surface area contributed by atoms with E-state index in [-0.39, 0.29) is 24.0 Å². The number of β-amino-alcohol motifs (C(OH)–C–C–N with tert-alkyl or cyclic N) is 1. The summed E-state index contributed by atoms with van der Waals surface area (Å²) in [5.74, 6) is 0.574. The Labute approximate surface area is 225 Å². The molecule has 204 valence electrons. The van der Waals surface area contributed by atoms with Gasteiger partial charge in [-0.2, -0.15) is 14.7 Å². The van der Waals surface area contributed by atoms with E-state index in [0.717, 1.165) is 36.6 Å². The highest BCUT2D eigenvalue weighted by atomic mass is 16.5. The number of fused-ring (bicyclic) bond motifs is 2. The molecule has 12 nitrogen and oxygen atoms in total. The molecule has 1 saturated carbocycles. The van der Waals surface area contributed by atoms with Crippen LogP contribution in [0.4, 0.5) is 10.6 Å². The number of methoxy groups -OCH3 is 1. The Hall–Kier alpha value is -4.19. The lowest BCUT2D eigenvalue weighted by atomic mass is 9.90. The van der Waals surface area contributed by atoms with Crippen molar-refractivity contribution >= 4 is 34.3 Å². The lowest BCUT2D eigenvalue weighted by Crippen LogP contribution is -2.46. The first-order valence-electron chi connectivity index (χ1n) is 13.3. The molecule has 4 aromatic rings. The number of hydrogen-bond donors (Lipinski definition) is 2. The van der Waals surface area contributed by atoms with E-state index < -0.39 is 6.10 Å². The summed E-state index contributed by atoms with van der Waals surface area (Å²) in [6, 6.07) is 7.55. The molecule has 1 aliphatic heterocycles. The topological polar surface area (TPSA) is 130 Å². The third kappa shape index (κ3) is 4.76. The highest BCUT2D eigenvalue weighted by Crippen LogP contribution is 2.33. The van der Waals surface area contributed by atoms with Gasteiger partial charge in [0.15, 0.2) is 11.5 Å². The van der Waals surface area contributed by atoms with E-state index in [0.29, 0.717) is 42.3 Å². The molecule has 12 heteroatoms. The van der Waals surface area contributed by atoms with Crippen LogP contribution >= 0.6 is 0 Å². The molecule has 4 heterocycles. The van der Waals surface area contributed by atoms with Crippen LogP contribution in [-0.2, 0) is 0 Å². The van der Waals surface area contributed by atoms with Crippen LogP contribution in [0, 0.1) is 0 Å². The van der Waals surface area contributed by atoms with Crippen molar-refractivity contribution in [1.29, 1.82) is 0 Å². The van der Waals surface area contributed by atoms with E-state index in [1.807, 2.05) is 28.9 Å². The average molecular weight is 533 g/mol. The predicted octanol–water partition coefficient (Wildman–Crippen LogP) is 2.94. The lowest BCUT2D eigenvalue weighted by molar-refractivity contribution is 0.102. The van der Waals surface area contributed by atoms with Crippen molar-refractivity contribution in [3.05, 3.63) is 48.4 Å². The third-order valence-electron chi connectivity index (χ3n) is 7.93. The Morgan fingerprint density at radius 2 is 2.00 bits per heavy atom. The largest absolute Gasteiger partial charge is 0.496 e. The minimum absolute atomic E-state index is 0.00237. The maximum atomic E-state index is 13.2. The number of likely N-dealkylation sites (tertiary alicyclic amines) is 1. The summed E-state index contributed by atoms with van der Waals surface area (Å²) in [7, 11) is 3.40. The molecule has 2 N–H and O–H groups in total. The van der Waals surface area contributed by atoms with Crippen LogP contribution < -0.4 is 10.1 Å². The highest BCUT2D eigenvalue weighted by molar-refractivity contribution is 6.08. The monoisotopic (exact) mass is 532 g/mol. The van der Waals surface area contributed by atoms with Crippen molar-refractivity contribution in [2.75, 3.05) is 32.6 Å². The number of ether oxygens (including phenoxy) is 1. The number of rotatable bonds is 5. The van der Waals surface area contributed by atoms with E-state index in [1.54, 1.807) is 40.0 Å². The summed E-state index contributed by atoms with van der Waals surface area (Å²) < 4.78 is 9.09. The first-order chi connectivity index (χ1) is 18.9. The van der Waals surface area contributed by atoms with Crippen molar-refractivity contribution in [1.82, 2.24) is 34.2 Å². The van der Waals surface area contributed by atoms with Gasteiger partial charge in [0.05, 0.1) is 36.5 Å². The Bertz CT molecular complexity index is 1520. The quantitative estimate of drug-likeness (QED) is 0.404. The fourth-order valence-corrected chi connectivity index (χ4v) is 5.71. The van der Waals surface area contributed by atoms with Gasteiger partial charge in [-0.1, -0.05) is 0 Å². The number of aliphatic hydroxyl groups excluding tert-OH is 1. The molecule has 1 aliphatic carbocycles. The molecule has 1 atom stereocenters. The minimum atomic E-state index is -0.417. The van der Waals surface area contributed by atoms with Gasteiger partial charge in [-0.15, -0.1) is 0 Å². The zero-order valence-corrected chi connectivity index (χ0v) is 22.0. The molecule has 0 bridgehead atoms. The minimum Gasteiger partial charge on any atom is -0.496 e. The number of benzene rings is 1. The first kappa shape index (κ1) is 25.1. The summed E-state index contributed by atoms with van der Waals surface area (Å²) >= 11 is 0. The summed E-state index contributed by atoms with van der Waals surface area (Å²) in [6.45, 7) is 1.02. The molecule has 1 aromatic carbocycles. The van der Waals surface area contributed by atoms with Gasteiger partial charge >= 0.3 is 6.03 Å². The average Bonchev–Trinajstić information content (AvgIpc) is 3.70. The van der Waals surface area contributed by atoms with Crippen LogP contribution in [0.2, 0.25) is 0 Å². The van der Waals surface area contributed by atoms with Crippen LogP contribution in [0.15, 0.2) is 42.9 Å². The highest BCUT2D eigenvalue weighted by Gasteiger charge is 2.32. The van der Waals surface area contributed by atoms with Crippen LogP contribution in [0.5, 0.6) is 5.75 Å². The van der Waals surface area contributed by atoms with Crippen LogP contribution in [0.25, 0.3) is 16.6 Å². The molecule has 2 fully saturated rings. The molecule has 2 aliphatic rings. The summed E-state index contributed by atoms with van der Waals surface area (Å²) in [5, 5.41) is 22.6. The smallest absolute Gasteiger partial charge is 0.320 e. The maximum Gasteiger partial charge on any atom is 0.320 e. The number of amides is 3. The molecule has 3 aromatic heterocycles. The number of hydrogen-bond acceptors (Lipinski definition) is 7. The van der Waals surface area contributed by atoms with Gasteiger partial charge in [-0.25, -0.2) is 9.78 Å². The standard InChI is InChI=1S/C27H32N8O4/c1-32(27(38)33-11-9-20(36)16-33)18-5-7-19(8-6-18)34-15-17-12-21(23(39-2)13-22(17)31-34)26(37)30-25-14-28-24-4-3-10-29-35(24)25/h3-4,10,12-15,18-20,36H,5-9,11,16H2,1-2H3,(H,30,37). The Morgan fingerprint density at radius 3 is 2.74 bits per heavy atom. The van der Waals surface area contributed by atoms with E-state index in [4.69, 9.17) is 9.84 Å². The summed E-state index contributed by atoms with van der Waals surface area (Å²) in [4.78, 5) is 33.9. The molecular weight excluding hydrogens is 500 g/mol. The number of anilines is 1. The maximum absolute atomic E-state index is 13.2. The van der Waals surface area contributed by atoms with Crippen molar-refractivity contribution in [3.63, 3.8) is 0 Å². The molecule has 6 rings (SSSR count). The Kier molecular flexibility index (Phi) is 6.55. The number of carbonyl (C=O) groups excluding carboxylic acids is 2. The number of aliphatic hydroxyl groups is 1. The number of carbonyl (C=O) groups is 2. The summed E-state index contributed by atoms with van der Waals surface area (Å²) in [5.41, 5.74) is 1.78. The van der Waals surface area contributed by atoms with Crippen molar-refractivity contribution in [3.8, 4) is 5.75 Å². The second kappa shape index (κ2) is 10.2. The van der Waals surface area contributed by atoms with E-state index >= 15 is 0 Å². The fraction of sp³-hybridized carbons (Fsp3) is 0.444. The predicted molar refractivity (Wildman–Crippen MR) is 144 cm³/mol. The Balaban J connectivity index is 1.15. The number of nitrogens with one attached hydrogen (secondary N) is 1. The molecule has 0 radical (unpaired) electrons. The van der Waals surface area contributed by atoms with E-state index in [9.17, 15) is 14.7 Å². The number of imidazole rings is 1. The zero-order valence-electron chi connectivity index (χ0n) is 22.0. The van der Waals surface area contributed by atoms with Crippen LogP contribution in [-0.4, -0.2) is 90.6 Å². The first-order valence-corrected chi connectivity index (χ1v) is 13.3. The number of urea groups is 1. The molecule has 1 saturated heterocycles. The van der Waals surface area contributed by atoms with Crippen LogP contribution in [0.3, 0.4) is 0 Å². The SMILES string of the molecule is COc1cc2nn(C3CCC(N(C)C(=O)N4CCC(O)C4)CC3)cc2cc1C(=O)Nc1cnc2cccnn12. The van der Waals surface area contributed by atoms with E-state index in [1.165, 1.54) is 7.11 Å². The normalized spacial score (nSPS) is 21.4. The number of nitrogens with zero attached hydrogens (tertiary/aromatic N) is 7. The molecule has 39 heavy (non-hydrogen) atoms. The second-order valence-electron chi connectivity index (χ2n) is 10.4. The fourth-order valence-electron chi connectivity index (χ4n) is 5.71. The van der Waals surface area contributed by atoms with Crippen molar-refractivity contribution in [2.45, 2.75) is 50.3 Å². The van der Waals surface area contributed by atoms with Gasteiger partial charge in [0, 0.05) is 50.0 Å². The second-order valence-corrected chi connectivity index (χ2v) is 10.4. The molecular formula is C27H32N8O4. The van der Waals surface area contributed by atoms with Gasteiger partial charge in [0.1, 0.15) is 5.75 Å². The van der Waals surface area contributed by atoms with Gasteiger partial charge in [-0.05, 0) is 50.3 Å². The van der Waals surface area contributed by atoms with Crippen LogP contribution in [0.1, 0.15) is 48.5 Å². The van der Waals surface area contributed by atoms with Crippen molar-refractivity contribution in [2.24, 2.45) is 0 Å².